The van der Waals surface area contributed by atoms with Crippen molar-refractivity contribution in [1.82, 2.24) is 0 Å². The normalized spacial score (nSPS) is 12.0. The zero-order valence-corrected chi connectivity index (χ0v) is 29.9. The van der Waals surface area contributed by atoms with Gasteiger partial charge in [-0.3, -0.25) is 0 Å². The number of furan rings is 1. The molecule has 11 aromatic carbocycles. The van der Waals surface area contributed by atoms with Gasteiger partial charge in [-0.05, 0) is 123 Å². The Morgan fingerprint density at radius 2 is 0.800 bits per heavy atom. The van der Waals surface area contributed by atoms with E-state index >= 15 is 0 Å². The quantitative estimate of drug-likeness (QED) is 0.132. The number of hydrogen-bond acceptors (Lipinski definition) is 1. The third-order valence-corrected chi connectivity index (χ3v) is 11.8. The Hall–Kier alpha value is -7.22. The van der Waals surface area contributed by atoms with Crippen molar-refractivity contribution in [3.63, 3.8) is 0 Å². The Balaban J connectivity index is 1.23. The minimum absolute atomic E-state index is 0.902. The molecule has 1 heteroatoms. The molecule has 0 radical (unpaired) electrons. The third kappa shape index (κ3) is 4.41. The molecule has 0 saturated carbocycles. The molecule has 0 aliphatic rings. The van der Waals surface area contributed by atoms with E-state index in [1.807, 2.05) is 6.07 Å². The lowest BCUT2D eigenvalue weighted by molar-refractivity contribution is 0.669. The SMILES string of the molecule is c1ccc(-c2cccc(-c3ccc4oc5ccccc5c4c3)c2-c2c3ccccc3c(-c3cc4cccc5ccc6cccc3c6c54)c3ccccc23)cc1. The average Bonchev–Trinajstić information content (AvgIpc) is 3.63. The molecule has 0 aliphatic heterocycles. The molecule has 0 amide bonds. The molecule has 0 aliphatic carbocycles. The summed E-state index contributed by atoms with van der Waals surface area (Å²) in [6, 6.07) is 71.3. The first kappa shape index (κ1) is 30.3. The zero-order chi connectivity index (χ0) is 36.0. The summed E-state index contributed by atoms with van der Waals surface area (Å²) in [6.45, 7) is 0. The van der Waals surface area contributed by atoms with Crippen molar-refractivity contribution in [2.75, 3.05) is 0 Å². The highest BCUT2D eigenvalue weighted by molar-refractivity contribution is 6.31. The summed E-state index contributed by atoms with van der Waals surface area (Å²) in [5, 5.41) is 15.0. The van der Waals surface area contributed by atoms with Crippen molar-refractivity contribution >= 4 is 75.8 Å². The summed E-state index contributed by atoms with van der Waals surface area (Å²) in [6.07, 6.45) is 0. The first-order valence-electron chi connectivity index (χ1n) is 19.0. The first-order valence-corrected chi connectivity index (χ1v) is 19.0. The van der Waals surface area contributed by atoms with E-state index in [9.17, 15) is 0 Å². The molecule has 1 nitrogen and oxygen atoms in total. The van der Waals surface area contributed by atoms with Crippen LogP contribution in [0.5, 0.6) is 0 Å². The molecule has 0 bridgehead atoms. The predicted octanol–water partition coefficient (Wildman–Crippen LogP) is 15.5. The van der Waals surface area contributed by atoms with Gasteiger partial charge in [0.25, 0.3) is 0 Å². The van der Waals surface area contributed by atoms with Crippen LogP contribution < -0.4 is 0 Å². The number of rotatable bonds is 4. The molecule has 0 atom stereocenters. The Morgan fingerprint density at radius 3 is 1.55 bits per heavy atom. The lowest BCUT2D eigenvalue weighted by Gasteiger charge is -2.23. The van der Waals surface area contributed by atoms with Gasteiger partial charge in [-0.15, -0.1) is 0 Å². The largest absolute Gasteiger partial charge is 0.456 e. The van der Waals surface area contributed by atoms with Gasteiger partial charge >= 0.3 is 0 Å². The van der Waals surface area contributed by atoms with Gasteiger partial charge in [0.1, 0.15) is 11.2 Å². The second kappa shape index (κ2) is 11.6. The Bertz CT molecular complexity index is 3420. The van der Waals surface area contributed by atoms with E-state index in [0.717, 1.165) is 27.5 Å². The van der Waals surface area contributed by atoms with Gasteiger partial charge in [-0.2, -0.15) is 0 Å². The minimum atomic E-state index is 0.902. The second-order valence-corrected chi connectivity index (χ2v) is 14.7. The van der Waals surface area contributed by atoms with Gasteiger partial charge in [0.05, 0.1) is 0 Å². The first-order chi connectivity index (χ1) is 27.3. The standard InChI is InChI=1S/C54H32O/c1-2-13-33(14-3-1)38-23-12-24-39(36-29-30-49-46(31-36)40-18-8-9-26-48(40)55-49)53(38)54-43-21-6-4-19-41(43)52(42-20-5-7-22-44(42)54)47-32-37-17-10-15-34-27-28-35-16-11-25-45(47)51(35)50(34)37/h1-32H. The Morgan fingerprint density at radius 1 is 0.255 bits per heavy atom. The van der Waals surface area contributed by atoms with Crippen LogP contribution in [0.2, 0.25) is 0 Å². The topological polar surface area (TPSA) is 13.1 Å². The van der Waals surface area contributed by atoms with E-state index < -0.39 is 0 Å². The van der Waals surface area contributed by atoms with Crippen LogP contribution in [0.3, 0.4) is 0 Å². The molecule has 0 spiro atoms. The molecule has 0 saturated heterocycles. The van der Waals surface area contributed by atoms with Crippen LogP contribution in [0.4, 0.5) is 0 Å². The van der Waals surface area contributed by atoms with Crippen LogP contribution in [0.15, 0.2) is 199 Å². The lowest BCUT2D eigenvalue weighted by atomic mass is 9.79. The number of fused-ring (bicyclic) bond motifs is 5. The van der Waals surface area contributed by atoms with Gasteiger partial charge in [-0.25, -0.2) is 0 Å². The highest BCUT2D eigenvalue weighted by Gasteiger charge is 2.24. The molecule has 1 aromatic heterocycles. The molecule has 55 heavy (non-hydrogen) atoms. The van der Waals surface area contributed by atoms with E-state index in [-0.39, 0.29) is 0 Å². The van der Waals surface area contributed by atoms with Gasteiger partial charge in [0, 0.05) is 10.8 Å². The van der Waals surface area contributed by atoms with E-state index in [0.29, 0.717) is 0 Å². The van der Waals surface area contributed by atoms with E-state index in [1.165, 1.54) is 92.8 Å². The Kier molecular flexibility index (Phi) is 6.40. The summed E-state index contributed by atoms with van der Waals surface area (Å²) in [5.41, 5.74) is 11.6. The van der Waals surface area contributed by atoms with Crippen LogP contribution in [0.1, 0.15) is 0 Å². The van der Waals surface area contributed by atoms with E-state index in [1.54, 1.807) is 0 Å². The van der Waals surface area contributed by atoms with Crippen molar-refractivity contribution in [3.05, 3.63) is 194 Å². The molecular weight excluding hydrogens is 665 g/mol. The third-order valence-electron chi connectivity index (χ3n) is 11.8. The molecule has 0 fully saturated rings. The molecule has 0 N–H and O–H groups in total. The van der Waals surface area contributed by atoms with Gasteiger partial charge in [0.2, 0.25) is 0 Å². The maximum atomic E-state index is 6.29. The predicted molar refractivity (Wildman–Crippen MR) is 234 cm³/mol. The number of para-hydroxylation sites is 1. The zero-order valence-electron chi connectivity index (χ0n) is 29.9. The second-order valence-electron chi connectivity index (χ2n) is 14.7. The Labute approximate surface area is 317 Å². The van der Waals surface area contributed by atoms with Crippen LogP contribution in [0, 0.1) is 0 Å². The molecule has 1 heterocycles. The summed E-state index contributed by atoms with van der Waals surface area (Å²) in [5.74, 6) is 0. The summed E-state index contributed by atoms with van der Waals surface area (Å²) in [4.78, 5) is 0. The lowest BCUT2D eigenvalue weighted by Crippen LogP contribution is -1.96. The monoisotopic (exact) mass is 696 g/mol. The average molecular weight is 697 g/mol. The highest BCUT2D eigenvalue weighted by atomic mass is 16.3. The van der Waals surface area contributed by atoms with Gasteiger partial charge < -0.3 is 4.42 Å². The molecule has 12 aromatic rings. The van der Waals surface area contributed by atoms with Crippen LogP contribution in [0.25, 0.3) is 120 Å². The molecule has 12 rings (SSSR count). The van der Waals surface area contributed by atoms with Crippen molar-refractivity contribution in [2.45, 2.75) is 0 Å². The van der Waals surface area contributed by atoms with Crippen molar-refractivity contribution in [1.29, 1.82) is 0 Å². The van der Waals surface area contributed by atoms with Crippen LogP contribution in [-0.4, -0.2) is 0 Å². The highest BCUT2D eigenvalue weighted by Crippen LogP contribution is 2.51. The fraction of sp³-hybridized carbons (Fsp3) is 0. The van der Waals surface area contributed by atoms with Crippen LogP contribution >= 0.6 is 0 Å². The van der Waals surface area contributed by atoms with Gasteiger partial charge in [0.15, 0.2) is 0 Å². The number of benzene rings is 11. The molecule has 254 valence electrons. The van der Waals surface area contributed by atoms with Crippen molar-refractivity contribution in [3.8, 4) is 44.5 Å². The maximum absolute atomic E-state index is 6.29. The van der Waals surface area contributed by atoms with E-state index in [4.69, 9.17) is 4.42 Å². The smallest absolute Gasteiger partial charge is 0.135 e. The maximum Gasteiger partial charge on any atom is 0.135 e. The minimum Gasteiger partial charge on any atom is -0.456 e. The van der Waals surface area contributed by atoms with Crippen LogP contribution in [-0.2, 0) is 0 Å². The summed E-state index contributed by atoms with van der Waals surface area (Å²) < 4.78 is 6.29. The van der Waals surface area contributed by atoms with Gasteiger partial charge in [-0.1, -0.05) is 170 Å². The molecule has 0 unspecified atom stereocenters. The fourth-order valence-corrected chi connectivity index (χ4v) is 9.47. The molecular formula is C54H32O. The van der Waals surface area contributed by atoms with Crippen molar-refractivity contribution in [2.24, 2.45) is 0 Å². The summed E-state index contributed by atoms with van der Waals surface area (Å²) in [7, 11) is 0. The van der Waals surface area contributed by atoms with E-state index in [2.05, 4.69) is 188 Å². The summed E-state index contributed by atoms with van der Waals surface area (Å²) >= 11 is 0. The fourth-order valence-electron chi connectivity index (χ4n) is 9.47. The van der Waals surface area contributed by atoms with Crippen molar-refractivity contribution < 1.29 is 4.42 Å². The number of hydrogen-bond donors (Lipinski definition) is 0.